The first-order valence-corrected chi connectivity index (χ1v) is 9.84. The minimum atomic E-state index is -0.552. The molecule has 1 aromatic heterocycles. The molecule has 0 aliphatic heterocycles. The predicted molar refractivity (Wildman–Crippen MR) is 111 cm³/mol. The molecule has 2 aromatic rings. The molecule has 1 aromatic carbocycles. The van der Waals surface area contributed by atoms with Crippen LogP contribution in [0.5, 0.6) is 0 Å². The number of rotatable bonds is 7. The minimum absolute atomic E-state index is 0.0471. The van der Waals surface area contributed by atoms with Crippen molar-refractivity contribution in [2.75, 3.05) is 11.9 Å². The van der Waals surface area contributed by atoms with E-state index in [1.54, 1.807) is 0 Å². The molecule has 0 spiro atoms. The highest BCUT2D eigenvalue weighted by Crippen LogP contribution is 2.33. The third-order valence-corrected chi connectivity index (χ3v) is 4.84. The highest BCUT2D eigenvalue weighted by atomic mass is 35.5. The van der Waals surface area contributed by atoms with Crippen molar-refractivity contribution in [3.63, 3.8) is 0 Å². The number of benzene rings is 1. The monoisotopic (exact) mass is 445 g/mol. The zero-order chi connectivity index (χ0) is 21.0. The maximum absolute atomic E-state index is 12.2. The molecule has 2 rings (SSSR count). The second-order valence-electron chi connectivity index (χ2n) is 6.86. The summed E-state index contributed by atoms with van der Waals surface area (Å²) in [6.07, 6.45) is 0.0471. The van der Waals surface area contributed by atoms with Gasteiger partial charge in [-0.3, -0.25) is 14.3 Å². The quantitative estimate of drug-likeness (QED) is 0.618. The Bertz CT molecular complexity index is 871. The molecule has 0 unspecified atom stereocenters. The van der Waals surface area contributed by atoms with Crippen molar-refractivity contribution < 1.29 is 14.3 Å². The number of nitrogens with one attached hydrogen (secondary N) is 1. The maximum atomic E-state index is 12.2. The van der Waals surface area contributed by atoms with E-state index in [-0.39, 0.29) is 22.2 Å². The number of hydrogen-bond acceptors (Lipinski definition) is 4. The average Bonchev–Trinajstić information content (AvgIpc) is 2.83. The summed E-state index contributed by atoms with van der Waals surface area (Å²) >= 11 is 17.9. The fraction of sp³-hybridized carbons (Fsp3) is 0.421. The van der Waals surface area contributed by atoms with E-state index >= 15 is 0 Å². The summed E-state index contributed by atoms with van der Waals surface area (Å²) in [5.74, 6) is -0.629. The number of carbonyl (C=O) groups excluding carboxylic acids is 2. The number of hydrogen-bond donors (Lipinski definition) is 1. The first-order valence-electron chi connectivity index (χ1n) is 8.71. The SMILES string of the molecule is Cc1nn(CC(C)C)c(C)c1CC(=O)OCC(=O)Nc1c(Cl)cc(Cl)cc1Cl. The summed E-state index contributed by atoms with van der Waals surface area (Å²) in [6, 6.07) is 2.91. The molecule has 9 heteroatoms. The Morgan fingerprint density at radius 3 is 2.36 bits per heavy atom. The van der Waals surface area contributed by atoms with Crippen LogP contribution in [0.3, 0.4) is 0 Å². The van der Waals surface area contributed by atoms with Crippen LogP contribution in [0.2, 0.25) is 15.1 Å². The number of nitrogens with zero attached hydrogens (tertiary/aromatic N) is 2. The standard InChI is InChI=1S/C19H22Cl3N3O3/c1-10(2)8-25-12(4)14(11(3)24-25)7-18(27)28-9-17(26)23-19-15(21)5-13(20)6-16(19)22/h5-6,10H,7-9H2,1-4H3,(H,23,26). The molecule has 1 N–H and O–H groups in total. The molecule has 6 nitrogen and oxygen atoms in total. The third kappa shape index (κ3) is 5.87. The van der Waals surface area contributed by atoms with Crippen LogP contribution in [0.1, 0.15) is 30.8 Å². The van der Waals surface area contributed by atoms with Crippen LogP contribution < -0.4 is 5.32 Å². The molecule has 0 aliphatic carbocycles. The van der Waals surface area contributed by atoms with Crippen LogP contribution in [0.25, 0.3) is 0 Å². The van der Waals surface area contributed by atoms with Crippen LogP contribution in [-0.4, -0.2) is 28.3 Å². The van der Waals surface area contributed by atoms with Crippen LogP contribution >= 0.6 is 34.8 Å². The van der Waals surface area contributed by atoms with E-state index < -0.39 is 18.5 Å². The Hall–Kier alpha value is -1.76. The van der Waals surface area contributed by atoms with E-state index in [1.165, 1.54) is 12.1 Å². The van der Waals surface area contributed by atoms with Crippen molar-refractivity contribution in [3.8, 4) is 0 Å². The molecule has 0 atom stereocenters. The maximum Gasteiger partial charge on any atom is 0.310 e. The summed E-state index contributed by atoms with van der Waals surface area (Å²) in [5, 5.41) is 7.73. The molecule has 0 saturated heterocycles. The van der Waals surface area contributed by atoms with Crippen molar-refractivity contribution >= 4 is 52.4 Å². The van der Waals surface area contributed by atoms with Crippen LogP contribution in [0, 0.1) is 19.8 Å². The number of halogens is 3. The number of anilines is 1. The van der Waals surface area contributed by atoms with Gasteiger partial charge >= 0.3 is 5.97 Å². The van der Waals surface area contributed by atoms with Gasteiger partial charge in [-0.25, -0.2) is 0 Å². The van der Waals surface area contributed by atoms with Gasteiger partial charge in [-0.2, -0.15) is 5.10 Å². The molecule has 0 bridgehead atoms. The Morgan fingerprint density at radius 2 is 1.79 bits per heavy atom. The number of carbonyl (C=O) groups is 2. The van der Waals surface area contributed by atoms with E-state index in [0.717, 1.165) is 23.5 Å². The lowest BCUT2D eigenvalue weighted by Crippen LogP contribution is -2.22. The lowest BCUT2D eigenvalue weighted by Gasteiger charge is -2.10. The molecule has 1 amide bonds. The molecular weight excluding hydrogens is 425 g/mol. The zero-order valence-electron chi connectivity index (χ0n) is 16.1. The summed E-state index contributed by atoms with van der Waals surface area (Å²) in [7, 11) is 0. The lowest BCUT2D eigenvalue weighted by atomic mass is 10.1. The molecule has 152 valence electrons. The van der Waals surface area contributed by atoms with Crippen molar-refractivity contribution in [2.24, 2.45) is 5.92 Å². The van der Waals surface area contributed by atoms with Gasteiger partial charge in [-0.05, 0) is 31.9 Å². The zero-order valence-corrected chi connectivity index (χ0v) is 18.4. The number of esters is 1. The van der Waals surface area contributed by atoms with Crippen molar-refractivity contribution in [1.82, 2.24) is 9.78 Å². The topological polar surface area (TPSA) is 73.2 Å². The average molecular weight is 447 g/mol. The summed E-state index contributed by atoms with van der Waals surface area (Å²) < 4.78 is 6.97. The van der Waals surface area contributed by atoms with Gasteiger partial charge in [0.1, 0.15) is 0 Å². The Labute approximate surface area is 179 Å². The second kappa shape index (κ2) is 9.63. The van der Waals surface area contributed by atoms with Gasteiger partial charge in [0.15, 0.2) is 6.61 Å². The van der Waals surface area contributed by atoms with E-state index in [1.807, 2.05) is 18.5 Å². The van der Waals surface area contributed by atoms with E-state index in [2.05, 4.69) is 24.3 Å². The number of ether oxygens (including phenoxy) is 1. The second-order valence-corrected chi connectivity index (χ2v) is 8.11. The fourth-order valence-corrected chi connectivity index (χ4v) is 3.60. The molecule has 0 aliphatic rings. The van der Waals surface area contributed by atoms with Crippen LogP contribution in [0.4, 0.5) is 5.69 Å². The third-order valence-electron chi connectivity index (χ3n) is 4.03. The van der Waals surface area contributed by atoms with Crippen molar-refractivity contribution in [1.29, 1.82) is 0 Å². The molecule has 1 heterocycles. The largest absolute Gasteiger partial charge is 0.455 e. The lowest BCUT2D eigenvalue weighted by molar-refractivity contribution is -0.146. The van der Waals surface area contributed by atoms with Crippen molar-refractivity contribution in [2.45, 2.75) is 40.7 Å². The fourth-order valence-electron chi connectivity index (χ4n) is 2.69. The van der Waals surface area contributed by atoms with Gasteiger partial charge in [0.05, 0.1) is 27.8 Å². The Balaban J connectivity index is 1.94. The van der Waals surface area contributed by atoms with Gasteiger partial charge in [0, 0.05) is 22.8 Å². The number of amides is 1. The normalized spacial score (nSPS) is 11.0. The van der Waals surface area contributed by atoms with E-state index in [0.29, 0.717) is 10.9 Å². The van der Waals surface area contributed by atoms with E-state index in [4.69, 9.17) is 39.5 Å². The number of aryl methyl sites for hydroxylation is 1. The highest BCUT2D eigenvalue weighted by molar-refractivity contribution is 6.42. The van der Waals surface area contributed by atoms with Crippen LogP contribution in [-0.2, 0) is 27.3 Å². The molecule has 0 radical (unpaired) electrons. The molecule has 0 fully saturated rings. The molecule has 28 heavy (non-hydrogen) atoms. The van der Waals surface area contributed by atoms with Crippen LogP contribution in [0.15, 0.2) is 12.1 Å². The molecule has 0 saturated carbocycles. The molecular formula is C19H22Cl3N3O3. The van der Waals surface area contributed by atoms with Gasteiger partial charge in [0.25, 0.3) is 5.91 Å². The first-order chi connectivity index (χ1) is 13.1. The number of aromatic nitrogens is 2. The van der Waals surface area contributed by atoms with E-state index in [9.17, 15) is 9.59 Å². The van der Waals surface area contributed by atoms with Crippen molar-refractivity contribution in [3.05, 3.63) is 44.2 Å². The summed E-state index contributed by atoms with van der Waals surface area (Å²) in [4.78, 5) is 24.2. The summed E-state index contributed by atoms with van der Waals surface area (Å²) in [5.41, 5.74) is 2.73. The predicted octanol–water partition coefficient (Wildman–Crippen LogP) is 4.84. The summed E-state index contributed by atoms with van der Waals surface area (Å²) in [6.45, 7) is 8.29. The smallest absolute Gasteiger partial charge is 0.310 e. The van der Waals surface area contributed by atoms with Gasteiger partial charge in [-0.15, -0.1) is 0 Å². The van der Waals surface area contributed by atoms with Gasteiger partial charge in [0.2, 0.25) is 0 Å². The highest BCUT2D eigenvalue weighted by Gasteiger charge is 2.18. The minimum Gasteiger partial charge on any atom is -0.455 e. The first kappa shape index (κ1) is 22.5. The van der Waals surface area contributed by atoms with Gasteiger partial charge < -0.3 is 10.1 Å². The Kier molecular flexibility index (Phi) is 7.75. The Morgan fingerprint density at radius 1 is 1.18 bits per heavy atom. The van der Waals surface area contributed by atoms with Gasteiger partial charge in [-0.1, -0.05) is 48.7 Å².